The highest BCUT2D eigenvalue weighted by Gasteiger charge is 2.07. The first-order valence-corrected chi connectivity index (χ1v) is 9.88. The zero-order chi connectivity index (χ0) is 22.4. The van der Waals surface area contributed by atoms with Gasteiger partial charge in [-0.3, -0.25) is 24.6 Å². The molecule has 7 heteroatoms. The lowest BCUT2D eigenvalue weighted by atomic mass is 10.2. The molecule has 0 fully saturated rings. The van der Waals surface area contributed by atoms with Crippen LogP contribution in [0, 0.1) is 0 Å². The number of aliphatic imine (C=N–C) groups is 3. The van der Waals surface area contributed by atoms with Crippen LogP contribution in [0.3, 0.4) is 0 Å². The van der Waals surface area contributed by atoms with Gasteiger partial charge in [-0.15, -0.1) is 0 Å². The van der Waals surface area contributed by atoms with Gasteiger partial charge in [0.25, 0.3) is 0 Å². The van der Waals surface area contributed by atoms with E-state index in [0.717, 1.165) is 34.2 Å². The Hall–Kier alpha value is -3.87. The number of nitrogens with zero attached hydrogens (tertiary/aromatic N) is 5. The molecule has 0 aromatic heterocycles. The summed E-state index contributed by atoms with van der Waals surface area (Å²) in [7, 11) is 3.47. The first-order chi connectivity index (χ1) is 14.8. The third-order valence-electron chi connectivity index (χ3n) is 4.92. The van der Waals surface area contributed by atoms with E-state index in [1.54, 1.807) is 36.3 Å². The molecule has 31 heavy (non-hydrogen) atoms. The minimum absolute atomic E-state index is 0.0174. The largest absolute Gasteiger partial charge is 0.316 e. The van der Waals surface area contributed by atoms with Gasteiger partial charge in [0, 0.05) is 52.0 Å². The van der Waals surface area contributed by atoms with Crippen LogP contribution in [-0.4, -0.2) is 44.1 Å². The molecule has 3 rings (SSSR count). The lowest BCUT2D eigenvalue weighted by Crippen LogP contribution is -2.22. The van der Waals surface area contributed by atoms with Gasteiger partial charge >= 0.3 is 0 Å². The molecule has 1 aliphatic rings. The van der Waals surface area contributed by atoms with Crippen molar-refractivity contribution in [3.05, 3.63) is 60.3 Å². The number of hydrogen-bond donors (Lipinski definition) is 0. The van der Waals surface area contributed by atoms with Crippen LogP contribution in [-0.2, 0) is 9.59 Å². The Morgan fingerprint density at radius 2 is 1.26 bits per heavy atom. The summed E-state index contributed by atoms with van der Waals surface area (Å²) in [6.45, 7) is 3.06. The first kappa shape index (κ1) is 21.8. The van der Waals surface area contributed by atoms with Gasteiger partial charge in [0.1, 0.15) is 0 Å². The van der Waals surface area contributed by atoms with E-state index in [9.17, 15) is 9.59 Å². The summed E-state index contributed by atoms with van der Waals surface area (Å²) in [6, 6.07) is 14.9. The molecule has 0 saturated heterocycles. The molecule has 2 amide bonds. The van der Waals surface area contributed by atoms with Gasteiger partial charge in [0.05, 0.1) is 29.0 Å². The second-order valence-electron chi connectivity index (χ2n) is 7.14. The van der Waals surface area contributed by atoms with E-state index in [0.29, 0.717) is 6.42 Å². The fraction of sp³-hybridized carbons (Fsp3) is 0.208. The van der Waals surface area contributed by atoms with Crippen molar-refractivity contribution in [2.24, 2.45) is 15.0 Å². The molecule has 0 atom stereocenters. The maximum absolute atomic E-state index is 11.4. The number of allylic oxidation sites excluding steroid dienone is 2. The van der Waals surface area contributed by atoms with Crippen molar-refractivity contribution < 1.29 is 9.59 Å². The average Bonchev–Trinajstić information content (AvgIpc) is 3.23. The number of carbonyl (C=O) groups is 2. The molecule has 1 aliphatic heterocycles. The first-order valence-electron chi connectivity index (χ1n) is 9.88. The smallest absolute Gasteiger partial charge is 0.223 e. The van der Waals surface area contributed by atoms with E-state index in [-0.39, 0.29) is 11.8 Å². The van der Waals surface area contributed by atoms with Crippen LogP contribution >= 0.6 is 0 Å². The fourth-order valence-electron chi connectivity index (χ4n) is 2.81. The quantitative estimate of drug-likeness (QED) is 0.652. The highest BCUT2D eigenvalue weighted by molar-refractivity contribution is 6.33. The van der Waals surface area contributed by atoms with Gasteiger partial charge in [-0.25, -0.2) is 0 Å². The lowest BCUT2D eigenvalue weighted by molar-refractivity contribution is -0.117. The third kappa shape index (κ3) is 5.82. The molecule has 158 valence electrons. The van der Waals surface area contributed by atoms with Gasteiger partial charge in [0.15, 0.2) is 0 Å². The molecule has 0 spiro atoms. The van der Waals surface area contributed by atoms with Crippen LogP contribution in [0.2, 0.25) is 0 Å². The third-order valence-corrected chi connectivity index (χ3v) is 4.92. The molecule has 7 nitrogen and oxygen atoms in total. The summed E-state index contributed by atoms with van der Waals surface area (Å²) >= 11 is 0. The zero-order valence-corrected chi connectivity index (χ0v) is 18.1. The van der Waals surface area contributed by atoms with Crippen molar-refractivity contribution in [3.63, 3.8) is 0 Å². The Kier molecular flexibility index (Phi) is 6.87. The Bertz CT molecular complexity index is 1080. The molecule has 0 saturated carbocycles. The van der Waals surface area contributed by atoms with Gasteiger partial charge in [-0.1, -0.05) is 6.08 Å². The summed E-state index contributed by atoms with van der Waals surface area (Å²) < 4.78 is 0. The van der Waals surface area contributed by atoms with Crippen molar-refractivity contribution in [1.29, 1.82) is 0 Å². The number of anilines is 2. The molecule has 0 radical (unpaired) electrons. The van der Waals surface area contributed by atoms with Crippen LogP contribution in [0.15, 0.2) is 75.3 Å². The minimum Gasteiger partial charge on any atom is -0.316 e. The zero-order valence-electron chi connectivity index (χ0n) is 18.1. The monoisotopic (exact) mass is 415 g/mol. The molecule has 2 aromatic carbocycles. The van der Waals surface area contributed by atoms with Crippen molar-refractivity contribution in [2.75, 3.05) is 23.9 Å². The topological polar surface area (TPSA) is 77.7 Å². The Morgan fingerprint density at radius 3 is 1.71 bits per heavy atom. The van der Waals surface area contributed by atoms with Crippen LogP contribution < -0.4 is 9.80 Å². The number of hydrogen-bond acceptors (Lipinski definition) is 5. The number of benzene rings is 2. The van der Waals surface area contributed by atoms with Crippen LogP contribution in [0.4, 0.5) is 22.7 Å². The Balaban J connectivity index is 1.59. The van der Waals surface area contributed by atoms with Gasteiger partial charge in [-0.05, 0) is 48.5 Å². The molecular formula is C24H25N5O2. The van der Waals surface area contributed by atoms with Gasteiger partial charge < -0.3 is 9.80 Å². The van der Waals surface area contributed by atoms with E-state index >= 15 is 0 Å². The van der Waals surface area contributed by atoms with Crippen molar-refractivity contribution >= 4 is 52.7 Å². The number of rotatable bonds is 6. The standard InChI is InChI=1S/C24H25N5O2/c1-17(30)28(3)23-11-7-19(8-12-23)25-15-21-5-6-22(27-21)16-26-20-9-13-24(14-10-20)29(4)18(2)31/h5,7-16H,6H2,1-4H3. The molecule has 0 aliphatic carbocycles. The summed E-state index contributed by atoms with van der Waals surface area (Å²) in [5.74, 6) is -0.0357. The summed E-state index contributed by atoms with van der Waals surface area (Å²) in [5.41, 5.74) is 4.86. The maximum Gasteiger partial charge on any atom is 0.223 e. The predicted molar refractivity (Wildman–Crippen MR) is 127 cm³/mol. The van der Waals surface area contributed by atoms with Gasteiger partial charge in [-0.2, -0.15) is 0 Å². The average molecular weight is 415 g/mol. The Morgan fingerprint density at radius 1 is 0.806 bits per heavy atom. The molecule has 0 N–H and O–H groups in total. The van der Waals surface area contributed by atoms with Crippen LogP contribution in [0.25, 0.3) is 0 Å². The molecule has 0 bridgehead atoms. The SMILES string of the molecule is CC(=O)N(C)c1ccc(N=CC2=CCC(C=Nc3ccc(N(C)C(C)=O)cc3)=N2)cc1. The van der Waals surface area contributed by atoms with Crippen LogP contribution in [0.1, 0.15) is 20.3 Å². The van der Waals surface area contributed by atoms with E-state index in [2.05, 4.69) is 15.0 Å². The van der Waals surface area contributed by atoms with E-state index < -0.39 is 0 Å². The van der Waals surface area contributed by atoms with E-state index in [4.69, 9.17) is 0 Å². The predicted octanol–water partition coefficient (Wildman–Crippen LogP) is 4.49. The molecule has 0 unspecified atom stereocenters. The molecule has 2 aromatic rings. The number of amides is 2. The highest BCUT2D eigenvalue weighted by atomic mass is 16.2. The molecular weight excluding hydrogens is 390 g/mol. The van der Waals surface area contributed by atoms with E-state index in [1.807, 2.05) is 54.6 Å². The highest BCUT2D eigenvalue weighted by Crippen LogP contribution is 2.21. The second-order valence-corrected chi connectivity index (χ2v) is 7.14. The van der Waals surface area contributed by atoms with Crippen molar-refractivity contribution in [2.45, 2.75) is 20.3 Å². The summed E-state index contributed by atoms with van der Waals surface area (Å²) in [6.07, 6.45) is 6.15. The normalized spacial score (nSPS) is 13.4. The van der Waals surface area contributed by atoms with Crippen LogP contribution in [0.5, 0.6) is 0 Å². The van der Waals surface area contributed by atoms with E-state index in [1.165, 1.54) is 13.8 Å². The van der Waals surface area contributed by atoms with Gasteiger partial charge in [0.2, 0.25) is 11.8 Å². The van der Waals surface area contributed by atoms with Crippen molar-refractivity contribution in [3.8, 4) is 0 Å². The second kappa shape index (κ2) is 9.75. The fourth-order valence-corrected chi connectivity index (χ4v) is 2.81. The maximum atomic E-state index is 11.4. The van der Waals surface area contributed by atoms with Crippen molar-refractivity contribution in [1.82, 2.24) is 0 Å². The number of carbonyl (C=O) groups excluding carboxylic acids is 2. The summed E-state index contributed by atoms with van der Waals surface area (Å²) in [5, 5.41) is 0. The summed E-state index contributed by atoms with van der Waals surface area (Å²) in [4.78, 5) is 39.4. The molecule has 1 heterocycles. The lowest BCUT2D eigenvalue weighted by Gasteiger charge is -2.14. The minimum atomic E-state index is -0.0183. The Labute approximate surface area is 182 Å².